The molecule has 0 N–H and O–H groups in total. The molecule has 1 aromatic heterocycles. The topological polar surface area (TPSA) is 30.3 Å². The molecule has 0 atom stereocenters. The predicted octanol–water partition coefficient (Wildman–Crippen LogP) is 1.32. The van der Waals surface area contributed by atoms with Gasteiger partial charge in [-0.25, -0.2) is 0 Å². The molecule has 0 saturated carbocycles. The van der Waals surface area contributed by atoms with E-state index in [-0.39, 0.29) is 0 Å². The fourth-order valence-electron chi connectivity index (χ4n) is 1.82. The van der Waals surface area contributed by atoms with Gasteiger partial charge in [-0.3, -0.25) is 9.58 Å². The van der Waals surface area contributed by atoms with E-state index in [2.05, 4.69) is 25.9 Å². The fraction of sp³-hybridized carbons (Fsp3) is 0.700. The van der Waals surface area contributed by atoms with Gasteiger partial charge in [0.25, 0.3) is 0 Å². The molecule has 5 heteroatoms. The summed E-state index contributed by atoms with van der Waals surface area (Å²) >= 11 is 3.59. The van der Waals surface area contributed by atoms with Gasteiger partial charge >= 0.3 is 0 Å². The van der Waals surface area contributed by atoms with Crippen molar-refractivity contribution in [2.45, 2.75) is 13.5 Å². The van der Waals surface area contributed by atoms with Crippen molar-refractivity contribution < 1.29 is 4.74 Å². The predicted molar refractivity (Wildman–Crippen MR) is 61.7 cm³/mol. The van der Waals surface area contributed by atoms with Crippen LogP contribution in [0.4, 0.5) is 0 Å². The van der Waals surface area contributed by atoms with E-state index < -0.39 is 0 Å². The van der Waals surface area contributed by atoms with Crippen LogP contribution < -0.4 is 0 Å². The lowest BCUT2D eigenvalue weighted by molar-refractivity contribution is 0.0330. The molecule has 0 aliphatic carbocycles. The van der Waals surface area contributed by atoms with Gasteiger partial charge in [-0.2, -0.15) is 5.10 Å². The fourth-order valence-corrected chi connectivity index (χ4v) is 2.28. The maximum Gasteiger partial charge on any atom is 0.0739 e. The summed E-state index contributed by atoms with van der Waals surface area (Å²) in [4.78, 5) is 2.39. The SMILES string of the molecule is Cc1nn(C)c(CN2CCOCC2)c1Br. The summed E-state index contributed by atoms with van der Waals surface area (Å²) < 4.78 is 8.42. The number of ether oxygens (including phenoxy) is 1. The van der Waals surface area contributed by atoms with Crippen LogP contribution in [0, 0.1) is 6.92 Å². The first-order valence-electron chi connectivity index (χ1n) is 5.16. The van der Waals surface area contributed by atoms with E-state index in [1.807, 2.05) is 18.7 Å². The number of morpholine rings is 1. The molecular formula is C10H16BrN3O. The van der Waals surface area contributed by atoms with Crippen LogP contribution in [0.2, 0.25) is 0 Å². The lowest BCUT2D eigenvalue weighted by Crippen LogP contribution is -2.36. The Bertz CT molecular complexity index is 345. The Kier molecular flexibility index (Phi) is 3.43. The zero-order valence-electron chi connectivity index (χ0n) is 9.16. The highest BCUT2D eigenvalue weighted by Crippen LogP contribution is 2.21. The van der Waals surface area contributed by atoms with Crippen LogP contribution in [-0.4, -0.2) is 41.0 Å². The van der Waals surface area contributed by atoms with Gasteiger partial charge < -0.3 is 4.74 Å². The molecule has 0 amide bonds. The monoisotopic (exact) mass is 273 g/mol. The van der Waals surface area contributed by atoms with Crippen LogP contribution in [0.3, 0.4) is 0 Å². The summed E-state index contributed by atoms with van der Waals surface area (Å²) in [6.07, 6.45) is 0. The van der Waals surface area contributed by atoms with E-state index >= 15 is 0 Å². The minimum Gasteiger partial charge on any atom is -0.379 e. The Morgan fingerprint density at radius 2 is 2.07 bits per heavy atom. The molecule has 0 radical (unpaired) electrons. The van der Waals surface area contributed by atoms with E-state index in [9.17, 15) is 0 Å². The van der Waals surface area contributed by atoms with Crippen molar-refractivity contribution in [2.75, 3.05) is 26.3 Å². The van der Waals surface area contributed by atoms with Crippen molar-refractivity contribution in [3.63, 3.8) is 0 Å². The highest BCUT2D eigenvalue weighted by molar-refractivity contribution is 9.10. The molecule has 1 aromatic rings. The van der Waals surface area contributed by atoms with Gasteiger partial charge in [0.05, 0.1) is 29.1 Å². The lowest BCUT2D eigenvalue weighted by Gasteiger charge is -2.26. The molecule has 0 unspecified atom stereocenters. The molecule has 1 aliphatic heterocycles. The number of hydrogen-bond donors (Lipinski definition) is 0. The van der Waals surface area contributed by atoms with Crippen LogP contribution in [0.25, 0.3) is 0 Å². The largest absolute Gasteiger partial charge is 0.379 e. The van der Waals surface area contributed by atoms with Crippen molar-refractivity contribution in [1.29, 1.82) is 0 Å². The number of rotatable bonds is 2. The number of halogens is 1. The average molecular weight is 274 g/mol. The van der Waals surface area contributed by atoms with Crippen LogP contribution in [-0.2, 0) is 18.3 Å². The molecule has 0 bridgehead atoms. The second kappa shape index (κ2) is 4.63. The molecule has 0 spiro atoms. The van der Waals surface area contributed by atoms with Crippen LogP contribution in [0.15, 0.2) is 4.47 Å². The smallest absolute Gasteiger partial charge is 0.0739 e. The third kappa shape index (κ3) is 2.41. The molecule has 1 aliphatic rings. The van der Waals surface area contributed by atoms with Crippen molar-refractivity contribution in [2.24, 2.45) is 7.05 Å². The second-order valence-electron chi connectivity index (χ2n) is 3.86. The summed E-state index contributed by atoms with van der Waals surface area (Å²) in [5.41, 5.74) is 2.30. The third-order valence-corrected chi connectivity index (χ3v) is 3.77. The van der Waals surface area contributed by atoms with Crippen LogP contribution in [0.1, 0.15) is 11.4 Å². The Hall–Kier alpha value is -0.390. The highest BCUT2D eigenvalue weighted by atomic mass is 79.9. The van der Waals surface area contributed by atoms with Gasteiger partial charge in [-0.1, -0.05) is 0 Å². The highest BCUT2D eigenvalue weighted by Gasteiger charge is 2.16. The van der Waals surface area contributed by atoms with E-state index in [0.717, 1.165) is 43.0 Å². The van der Waals surface area contributed by atoms with Crippen molar-refractivity contribution in [3.8, 4) is 0 Å². The van der Waals surface area contributed by atoms with Gasteiger partial charge in [0.15, 0.2) is 0 Å². The average Bonchev–Trinajstić information content (AvgIpc) is 2.47. The molecule has 84 valence electrons. The Morgan fingerprint density at radius 1 is 1.40 bits per heavy atom. The number of aryl methyl sites for hydroxylation is 2. The quantitative estimate of drug-likeness (QED) is 0.815. The number of aromatic nitrogens is 2. The van der Waals surface area contributed by atoms with Crippen molar-refractivity contribution in [1.82, 2.24) is 14.7 Å². The summed E-state index contributed by atoms with van der Waals surface area (Å²) in [6, 6.07) is 0. The van der Waals surface area contributed by atoms with Crippen LogP contribution in [0.5, 0.6) is 0 Å². The zero-order valence-corrected chi connectivity index (χ0v) is 10.7. The van der Waals surface area contributed by atoms with E-state index in [0.29, 0.717) is 0 Å². The maximum absolute atomic E-state index is 5.33. The van der Waals surface area contributed by atoms with E-state index in [4.69, 9.17) is 4.74 Å². The lowest BCUT2D eigenvalue weighted by atomic mass is 10.3. The molecule has 15 heavy (non-hydrogen) atoms. The summed E-state index contributed by atoms with van der Waals surface area (Å²) in [5.74, 6) is 0. The van der Waals surface area contributed by atoms with Crippen molar-refractivity contribution >= 4 is 15.9 Å². The summed E-state index contributed by atoms with van der Waals surface area (Å²) in [6.45, 7) is 6.67. The first-order valence-corrected chi connectivity index (χ1v) is 5.96. The maximum atomic E-state index is 5.33. The first-order chi connectivity index (χ1) is 7.18. The molecule has 2 heterocycles. The molecule has 1 saturated heterocycles. The van der Waals surface area contributed by atoms with Gasteiger partial charge in [0.2, 0.25) is 0 Å². The molecular weight excluding hydrogens is 258 g/mol. The minimum absolute atomic E-state index is 0.842. The Balaban J connectivity index is 2.09. The molecule has 4 nitrogen and oxygen atoms in total. The van der Waals surface area contributed by atoms with E-state index in [1.54, 1.807) is 0 Å². The number of nitrogens with zero attached hydrogens (tertiary/aromatic N) is 3. The minimum atomic E-state index is 0.842. The Morgan fingerprint density at radius 3 is 2.60 bits per heavy atom. The van der Waals surface area contributed by atoms with Gasteiger partial charge in [-0.05, 0) is 22.9 Å². The van der Waals surface area contributed by atoms with Gasteiger partial charge in [-0.15, -0.1) is 0 Å². The zero-order chi connectivity index (χ0) is 10.8. The summed E-state index contributed by atoms with van der Waals surface area (Å²) in [5, 5.41) is 4.39. The third-order valence-electron chi connectivity index (χ3n) is 2.74. The first kappa shape index (κ1) is 11.1. The summed E-state index contributed by atoms with van der Waals surface area (Å²) in [7, 11) is 1.99. The molecule has 1 fully saturated rings. The standard InChI is InChI=1S/C10H16BrN3O/c1-8-10(11)9(13(2)12-8)7-14-3-5-15-6-4-14/h3-7H2,1-2H3. The second-order valence-corrected chi connectivity index (χ2v) is 4.65. The molecule has 2 rings (SSSR count). The van der Waals surface area contributed by atoms with E-state index in [1.165, 1.54) is 5.69 Å². The number of hydrogen-bond acceptors (Lipinski definition) is 3. The van der Waals surface area contributed by atoms with Crippen LogP contribution >= 0.6 is 15.9 Å². The van der Waals surface area contributed by atoms with Gasteiger partial charge in [0, 0.05) is 26.7 Å². The Labute approximate surface area is 98.3 Å². The van der Waals surface area contributed by atoms with Crippen molar-refractivity contribution in [3.05, 3.63) is 15.9 Å². The van der Waals surface area contributed by atoms with Gasteiger partial charge in [0.1, 0.15) is 0 Å². The normalized spacial score (nSPS) is 18.3. The molecule has 0 aromatic carbocycles.